The number of ether oxygens (including phenoxy) is 1. The van der Waals surface area contributed by atoms with Gasteiger partial charge in [-0.25, -0.2) is 0 Å². The van der Waals surface area contributed by atoms with Gasteiger partial charge in [-0.15, -0.1) is 0 Å². The number of hydrogen-bond donors (Lipinski definition) is 1. The van der Waals surface area contributed by atoms with Crippen molar-refractivity contribution in [2.24, 2.45) is 0 Å². The average molecular weight is 397 g/mol. The maximum absolute atomic E-state index is 12.2. The third-order valence-corrected chi connectivity index (χ3v) is 3.75. The Kier molecular flexibility index (Phi) is 5.49. The standard InChI is InChI=1S/C18H15N5O6/c1-12-3-2-4-16(5-12)29-17-7-13(6-14(8-17)22(25)26)20-18(24)11-21-10-15(9-19-21)23(27)28/h2-10H,11H2,1H3,(H,20,24). The molecule has 0 bridgehead atoms. The van der Waals surface area contributed by atoms with Crippen molar-refractivity contribution in [1.29, 1.82) is 0 Å². The van der Waals surface area contributed by atoms with E-state index in [9.17, 15) is 25.0 Å². The first-order valence-corrected chi connectivity index (χ1v) is 8.31. The number of non-ortho nitro benzene ring substituents is 1. The summed E-state index contributed by atoms with van der Waals surface area (Å²) in [7, 11) is 0. The van der Waals surface area contributed by atoms with Gasteiger partial charge in [0.2, 0.25) is 5.91 Å². The highest BCUT2D eigenvalue weighted by atomic mass is 16.6. The molecular weight excluding hydrogens is 382 g/mol. The molecule has 3 aromatic rings. The lowest BCUT2D eigenvalue weighted by molar-refractivity contribution is -0.385. The number of nitro groups is 2. The van der Waals surface area contributed by atoms with Crippen molar-refractivity contribution < 1.29 is 19.4 Å². The summed E-state index contributed by atoms with van der Waals surface area (Å²) in [6, 6.07) is 11.0. The molecule has 3 rings (SSSR count). The molecule has 0 aliphatic rings. The molecule has 0 spiro atoms. The molecule has 11 nitrogen and oxygen atoms in total. The normalized spacial score (nSPS) is 10.4. The molecule has 0 fully saturated rings. The van der Waals surface area contributed by atoms with E-state index in [1.54, 1.807) is 18.2 Å². The number of carbonyl (C=O) groups excluding carboxylic acids is 1. The van der Waals surface area contributed by atoms with Gasteiger partial charge >= 0.3 is 5.69 Å². The van der Waals surface area contributed by atoms with E-state index >= 15 is 0 Å². The number of hydrogen-bond acceptors (Lipinski definition) is 7. The highest BCUT2D eigenvalue weighted by Crippen LogP contribution is 2.30. The molecule has 0 aliphatic carbocycles. The van der Waals surface area contributed by atoms with Crippen LogP contribution < -0.4 is 10.1 Å². The fourth-order valence-electron chi connectivity index (χ4n) is 2.52. The minimum atomic E-state index is -0.628. The molecule has 11 heteroatoms. The lowest BCUT2D eigenvalue weighted by atomic mass is 10.2. The van der Waals surface area contributed by atoms with Crippen LogP contribution in [0.4, 0.5) is 17.1 Å². The Morgan fingerprint density at radius 1 is 1.10 bits per heavy atom. The zero-order valence-corrected chi connectivity index (χ0v) is 15.1. The van der Waals surface area contributed by atoms with E-state index in [1.807, 2.05) is 13.0 Å². The summed E-state index contributed by atoms with van der Waals surface area (Å²) in [6.07, 6.45) is 2.13. The van der Waals surface area contributed by atoms with Crippen LogP contribution >= 0.6 is 0 Å². The molecule has 0 saturated heterocycles. The van der Waals surface area contributed by atoms with Crippen molar-refractivity contribution in [1.82, 2.24) is 9.78 Å². The van der Waals surface area contributed by atoms with Gasteiger partial charge in [0.05, 0.1) is 21.6 Å². The van der Waals surface area contributed by atoms with Crippen LogP contribution in [-0.2, 0) is 11.3 Å². The van der Waals surface area contributed by atoms with Gasteiger partial charge in [-0.3, -0.25) is 29.7 Å². The number of carbonyl (C=O) groups is 1. The van der Waals surface area contributed by atoms with E-state index < -0.39 is 15.8 Å². The Balaban J connectivity index is 1.78. The lowest BCUT2D eigenvalue weighted by Crippen LogP contribution is -2.19. The number of nitrogens with zero attached hydrogens (tertiary/aromatic N) is 4. The number of nitrogens with one attached hydrogen (secondary N) is 1. The summed E-state index contributed by atoms with van der Waals surface area (Å²) < 4.78 is 6.76. The van der Waals surface area contributed by atoms with E-state index in [4.69, 9.17) is 4.74 Å². The Morgan fingerprint density at radius 3 is 2.52 bits per heavy atom. The minimum Gasteiger partial charge on any atom is -0.457 e. The third-order valence-electron chi connectivity index (χ3n) is 3.75. The number of anilines is 1. The molecule has 1 aromatic heterocycles. The summed E-state index contributed by atoms with van der Waals surface area (Å²) in [5.74, 6) is 0.103. The summed E-state index contributed by atoms with van der Waals surface area (Å²) in [5.41, 5.74) is 0.588. The molecule has 0 aliphatic heterocycles. The maximum atomic E-state index is 12.2. The first-order valence-electron chi connectivity index (χ1n) is 8.31. The second kappa shape index (κ2) is 8.17. The molecule has 1 amide bonds. The SMILES string of the molecule is Cc1cccc(Oc2cc(NC(=O)Cn3cc([N+](=O)[O-])cn3)cc([N+](=O)[O-])c2)c1. The molecule has 0 radical (unpaired) electrons. The van der Waals surface area contributed by atoms with Crippen LogP contribution in [0.1, 0.15) is 5.56 Å². The van der Waals surface area contributed by atoms with Gasteiger partial charge in [0.15, 0.2) is 0 Å². The Labute approximate surface area is 163 Å². The number of amides is 1. The molecule has 0 saturated carbocycles. The highest BCUT2D eigenvalue weighted by Gasteiger charge is 2.15. The largest absolute Gasteiger partial charge is 0.457 e. The number of aryl methyl sites for hydroxylation is 1. The Morgan fingerprint density at radius 2 is 1.86 bits per heavy atom. The first-order chi connectivity index (χ1) is 13.8. The summed E-state index contributed by atoms with van der Waals surface area (Å²) in [4.78, 5) is 32.9. The van der Waals surface area contributed by atoms with Gasteiger partial charge in [0.1, 0.15) is 30.4 Å². The maximum Gasteiger partial charge on any atom is 0.307 e. The first kappa shape index (κ1) is 19.5. The van der Waals surface area contributed by atoms with Crippen LogP contribution in [0.3, 0.4) is 0 Å². The molecule has 1 N–H and O–H groups in total. The van der Waals surface area contributed by atoms with Gasteiger partial charge < -0.3 is 10.1 Å². The van der Waals surface area contributed by atoms with E-state index in [0.717, 1.165) is 22.6 Å². The van der Waals surface area contributed by atoms with E-state index in [0.29, 0.717) is 5.75 Å². The van der Waals surface area contributed by atoms with Crippen molar-refractivity contribution in [2.45, 2.75) is 13.5 Å². The Bertz CT molecular complexity index is 1090. The van der Waals surface area contributed by atoms with Crippen LogP contribution in [0.5, 0.6) is 11.5 Å². The Hall–Kier alpha value is -4.28. The quantitative estimate of drug-likeness (QED) is 0.475. The molecule has 2 aromatic carbocycles. The molecule has 0 unspecified atom stereocenters. The molecule has 148 valence electrons. The fourth-order valence-corrected chi connectivity index (χ4v) is 2.52. The molecule has 29 heavy (non-hydrogen) atoms. The lowest BCUT2D eigenvalue weighted by Gasteiger charge is -2.10. The number of nitro benzene ring substituents is 1. The summed E-state index contributed by atoms with van der Waals surface area (Å²) >= 11 is 0. The third kappa shape index (κ3) is 5.13. The van der Waals surface area contributed by atoms with E-state index in [-0.39, 0.29) is 29.4 Å². The van der Waals surface area contributed by atoms with Crippen molar-refractivity contribution >= 4 is 23.0 Å². The van der Waals surface area contributed by atoms with Gasteiger partial charge in [0.25, 0.3) is 5.69 Å². The van der Waals surface area contributed by atoms with Crippen LogP contribution in [-0.4, -0.2) is 25.5 Å². The van der Waals surface area contributed by atoms with E-state index in [1.165, 1.54) is 18.2 Å². The minimum absolute atomic E-state index is 0.147. The number of aromatic nitrogens is 2. The van der Waals surface area contributed by atoms with Crippen molar-refractivity contribution in [3.63, 3.8) is 0 Å². The zero-order valence-electron chi connectivity index (χ0n) is 15.1. The topological polar surface area (TPSA) is 142 Å². The molecule has 1 heterocycles. The van der Waals surface area contributed by atoms with Crippen molar-refractivity contribution in [3.05, 3.63) is 80.7 Å². The van der Waals surface area contributed by atoms with Crippen LogP contribution in [0.2, 0.25) is 0 Å². The number of benzene rings is 2. The predicted octanol–water partition coefficient (Wildman–Crippen LogP) is 3.44. The van der Waals surface area contributed by atoms with Crippen LogP contribution in [0.15, 0.2) is 54.9 Å². The van der Waals surface area contributed by atoms with Gasteiger partial charge in [-0.1, -0.05) is 12.1 Å². The van der Waals surface area contributed by atoms with Crippen molar-refractivity contribution in [2.75, 3.05) is 5.32 Å². The van der Waals surface area contributed by atoms with E-state index in [2.05, 4.69) is 10.4 Å². The second-order valence-corrected chi connectivity index (χ2v) is 6.09. The molecule has 0 atom stereocenters. The van der Waals surface area contributed by atoms with Crippen LogP contribution in [0, 0.1) is 27.2 Å². The van der Waals surface area contributed by atoms with Gasteiger partial charge in [0, 0.05) is 12.1 Å². The second-order valence-electron chi connectivity index (χ2n) is 6.09. The predicted molar refractivity (Wildman–Crippen MR) is 102 cm³/mol. The summed E-state index contributed by atoms with van der Waals surface area (Å²) in [6.45, 7) is 1.58. The van der Waals surface area contributed by atoms with Gasteiger partial charge in [-0.05, 0) is 24.6 Å². The van der Waals surface area contributed by atoms with Gasteiger partial charge in [-0.2, -0.15) is 5.10 Å². The highest BCUT2D eigenvalue weighted by molar-refractivity contribution is 5.91. The fraction of sp³-hybridized carbons (Fsp3) is 0.111. The monoisotopic (exact) mass is 397 g/mol. The van der Waals surface area contributed by atoms with Crippen LogP contribution in [0.25, 0.3) is 0 Å². The molecular formula is C18H15N5O6. The zero-order chi connectivity index (χ0) is 21.0. The van der Waals surface area contributed by atoms with Crippen molar-refractivity contribution in [3.8, 4) is 11.5 Å². The number of rotatable bonds is 7. The summed E-state index contributed by atoms with van der Waals surface area (Å²) in [5, 5.41) is 28.1. The smallest absolute Gasteiger partial charge is 0.307 e. The average Bonchev–Trinajstić information content (AvgIpc) is 3.10.